The maximum Gasteiger partial charge on any atom is 0.191 e. The van der Waals surface area contributed by atoms with Crippen molar-refractivity contribution < 1.29 is 9.47 Å². The van der Waals surface area contributed by atoms with Crippen LogP contribution in [0.25, 0.3) is 0 Å². The predicted octanol–water partition coefficient (Wildman–Crippen LogP) is 3.27. The van der Waals surface area contributed by atoms with Crippen molar-refractivity contribution in [3.05, 3.63) is 40.7 Å². The lowest BCUT2D eigenvalue weighted by atomic mass is 9.84. The molecule has 7 heteroatoms. The van der Waals surface area contributed by atoms with E-state index in [1.54, 1.807) is 0 Å². The van der Waals surface area contributed by atoms with E-state index in [1.807, 2.05) is 17.8 Å². The minimum atomic E-state index is -0.141. The highest BCUT2D eigenvalue weighted by molar-refractivity contribution is 5.80. The van der Waals surface area contributed by atoms with Gasteiger partial charge < -0.3 is 20.1 Å². The van der Waals surface area contributed by atoms with Crippen LogP contribution in [0.3, 0.4) is 0 Å². The number of hydrogen-bond acceptors (Lipinski definition) is 4. The fraction of sp³-hybridized carbons (Fsp3) is 0.583. The summed E-state index contributed by atoms with van der Waals surface area (Å²) in [4.78, 5) is 4.91. The second-order valence-corrected chi connectivity index (χ2v) is 8.96. The van der Waals surface area contributed by atoms with E-state index in [-0.39, 0.29) is 11.5 Å². The molecule has 3 rings (SSSR count). The van der Waals surface area contributed by atoms with Crippen molar-refractivity contribution in [1.82, 2.24) is 20.4 Å². The van der Waals surface area contributed by atoms with Crippen LogP contribution in [0.2, 0.25) is 0 Å². The number of aromatic nitrogens is 2. The topological polar surface area (TPSA) is 72.7 Å². The van der Waals surface area contributed by atoms with Crippen molar-refractivity contribution in [2.75, 3.05) is 26.3 Å². The Labute approximate surface area is 186 Å². The molecule has 1 atom stereocenters. The molecule has 0 fully saturated rings. The van der Waals surface area contributed by atoms with Crippen LogP contribution in [0.4, 0.5) is 0 Å². The molecule has 0 saturated heterocycles. The SMILES string of the molecule is CCNC(=NCC(C)(C)c1ccc2c(c1)OCCO2)NC(C)Cc1c(C)nn(C)c1C. The van der Waals surface area contributed by atoms with Gasteiger partial charge >= 0.3 is 0 Å². The van der Waals surface area contributed by atoms with Gasteiger partial charge in [-0.25, -0.2) is 0 Å². The van der Waals surface area contributed by atoms with Gasteiger partial charge in [-0.1, -0.05) is 19.9 Å². The Kier molecular flexibility index (Phi) is 7.13. The van der Waals surface area contributed by atoms with Crippen molar-refractivity contribution in [3.8, 4) is 11.5 Å². The Balaban J connectivity index is 1.69. The van der Waals surface area contributed by atoms with E-state index in [9.17, 15) is 0 Å². The summed E-state index contributed by atoms with van der Waals surface area (Å²) in [6.45, 7) is 15.5. The van der Waals surface area contributed by atoms with Gasteiger partial charge in [0.25, 0.3) is 0 Å². The molecule has 1 aromatic carbocycles. The first-order chi connectivity index (χ1) is 14.7. The van der Waals surface area contributed by atoms with Crippen LogP contribution in [0, 0.1) is 13.8 Å². The summed E-state index contributed by atoms with van der Waals surface area (Å²) in [7, 11) is 2.00. The van der Waals surface area contributed by atoms with Gasteiger partial charge in [0.1, 0.15) is 13.2 Å². The molecule has 0 aliphatic carbocycles. The highest BCUT2D eigenvalue weighted by Gasteiger charge is 2.24. The Bertz CT molecular complexity index is 932. The average Bonchev–Trinajstić information content (AvgIpc) is 2.98. The molecule has 2 N–H and O–H groups in total. The van der Waals surface area contributed by atoms with Crippen molar-refractivity contribution in [2.45, 2.75) is 59.4 Å². The Morgan fingerprint density at radius 3 is 2.58 bits per heavy atom. The van der Waals surface area contributed by atoms with Crippen LogP contribution in [0.5, 0.6) is 11.5 Å². The molecule has 1 aliphatic heterocycles. The molecule has 1 aliphatic rings. The van der Waals surface area contributed by atoms with Crippen LogP contribution in [0.15, 0.2) is 23.2 Å². The molecule has 0 spiro atoms. The minimum Gasteiger partial charge on any atom is -0.486 e. The number of aryl methyl sites for hydroxylation is 2. The maximum absolute atomic E-state index is 5.76. The number of benzene rings is 1. The van der Waals surface area contributed by atoms with E-state index in [0.29, 0.717) is 19.8 Å². The summed E-state index contributed by atoms with van der Waals surface area (Å²) < 4.78 is 13.4. The van der Waals surface area contributed by atoms with Crippen molar-refractivity contribution in [1.29, 1.82) is 0 Å². The van der Waals surface area contributed by atoms with E-state index in [2.05, 4.69) is 69.4 Å². The zero-order valence-corrected chi connectivity index (χ0v) is 20.0. The fourth-order valence-electron chi connectivity index (χ4n) is 3.86. The fourth-order valence-corrected chi connectivity index (χ4v) is 3.86. The summed E-state index contributed by atoms with van der Waals surface area (Å²) >= 11 is 0. The number of aliphatic imine (C=N–C) groups is 1. The summed E-state index contributed by atoms with van der Waals surface area (Å²) in [6.07, 6.45) is 0.904. The van der Waals surface area contributed by atoms with Crippen LogP contribution in [0.1, 0.15) is 50.2 Å². The lowest BCUT2D eigenvalue weighted by molar-refractivity contribution is 0.171. The molecular weight excluding hydrogens is 390 g/mol. The van der Waals surface area contributed by atoms with Gasteiger partial charge in [0.2, 0.25) is 0 Å². The summed E-state index contributed by atoms with van der Waals surface area (Å²) in [5.41, 5.74) is 4.65. The maximum atomic E-state index is 5.76. The molecule has 2 heterocycles. The minimum absolute atomic E-state index is 0.141. The summed E-state index contributed by atoms with van der Waals surface area (Å²) in [6, 6.07) is 6.43. The molecule has 1 aromatic heterocycles. The molecule has 1 unspecified atom stereocenters. The first-order valence-electron chi connectivity index (χ1n) is 11.1. The zero-order chi connectivity index (χ0) is 22.6. The quantitative estimate of drug-likeness (QED) is 0.524. The van der Waals surface area contributed by atoms with Crippen molar-refractivity contribution in [3.63, 3.8) is 0 Å². The molecule has 170 valence electrons. The number of guanidine groups is 1. The second-order valence-electron chi connectivity index (χ2n) is 8.96. The molecule has 31 heavy (non-hydrogen) atoms. The van der Waals surface area contributed by atoms with E-state index in [4.69, 9.17) is 14.5 Å². The Morgan fingerprint density at radius 1 is 1.23 bits per heavy atom. The first-order valence-corrected chi connectivity index (χ1v) is 11.1. The van der Waals surface area contributed by atoms with E-state index < -0.39 is 0 Å². The van der Waals surface area contributed by atoms with Gasteiger partial charge in [0.05, 0.1) is 12.2 Å². The third-order valence-electron chi connectivity index (χ3n) is 5.85. The van der Waals surface area contributed by atoms with Gasteiger partial charge in [-0.05, 0) is 57.4 Å². The first kappa shape index (κ1) is 23.0. The van der Waals surface area contributed by atoms with Gasteiger partial charge in [0, 0.05) is 30.7 Å². The number of hydrogen-bond donors (Lipinski definition) is 2. The van der Waals surface area contributed by atoms with E-state index in [0.717, 1.165) is 36.1 Å². The number of ether oxygens (including phenoxy) is 2. The molecule has 2 aromatic rings. The molecule has 0 radical (unpaired) electrons. The molecular formula is C24H37N5O2. The average molecular weight is 428 g/mol. The number of fused-ring (bicyclic) bond motifs is 1. The van der Waals surface area contributed by atoms with Crippen LogP contribution in [-0.4, -0.2) is 48.1 Å². The highest BCUT2D eigenvalue weighted by atomic mass is 16.6. The summed E-state index contributed by atoms with van der Waals surface area (Å²) in [5.74, 6) is 2.47. The van der Waals surface area contributed by atoms with Gasteiger partial charge in [0.15, 0.2) is 17.5 Å². The normalized spacial score (nSPS) is 15.0. The van der Waals surface area contributed by atoms with E-state index in [1.165, 1.54) is 16.8 Å². The molecule has 7 nitrogen and oxygen atoms in total. The van der Waals surface area contributed by atoms with Crippen molar-refractivity contribution in [2.24, 2.45) is 12.0 Å². The zero-order valence-electron chi connectivity index (χ0n) is 20.0. The highest BCUT2D eigenvalue weighted by Crippen LogP contribution is 2.35. The van der Waals surface area contributed by atoms with Gasteiger partial charge in [-0.15, -0.1) is 0 Å². The number of nitrogens with one attached hydrogen (secondary N) is 2. The van der Waals surface area contributed by atoms with Gasteiger partial charge in [-0.3, -0.25) is 9.67 Å². The predicted molar refractivity (Wildman–Crippen MR) is 125 cm³/mol. The standard InChI is InChI=1S/C24H37N5O2/c1-8-25-23(27-16(2)13-20-17(3)28-29(7)18(20)4)26-15-24(5,6)19-9-10-21-22(14-19)31-12-11-30-21/h9-10,14,16H,8,11-13,15H2,1-7H3,(H2,25,26,27). The second kappa shape index (κ2) is 9.62. The molecule has 0 amide bonds. The van der Waals surface area contributed by atoms with Crippen LogP contribution >= 0.6 is 0 Å². The Hall–Kier alpha value is -2.70. The lowest BCUT2D eigenvalue weighted by Gasteiger charge is -2.27. The Morgan fingerprint density at radius 2 is 1.94 bits per heavy atom. The lowest BCUT2D eigenvalue weighted by Crippen LogP contribution is -2.43. The third-order valence-corrected chi connectivity index (χ3v) is 5.85. The monoisotopic (exact) mass is 427 g/mol. The third kappa shape index (κ3) is 5.51. The smallest absolute Gasteiger partial charge is 0.191 e. The number of nitrogens with zero attached hydrogens (tertiary/aromatic N) is 3. The molecule has 0 saturated carbocycles. The van der Waals surface area contributed by atoms with E-state index >= 15 is 0 Å². The van der Waals surface area contributed by atoms with Gasteiger partial charge in [-0.2, -0.15) is 5.10 Å². The van der Waals surface area contributed by atoms with Crippen LogP contribution < -0.4 is 20.1 Å². The number of rotatable bonds is 7. The summed E-state index contributed by atoms with van der Waals surface area (Å²) in [5, 5.41) is 11.5. The molecule has 0 bridgehead atoms. The van der Waals surface area contributed by atoms with Crippen LogP contribution in [-0.2, 0) is 18.9 Å². The largest absolute Gasteiger partial charge is 0.486 e. The van der Waals surface area contributed by atoms with Crippen molar-refractivity contribution >= 4 is 5.96 Å².